The first-order valence-electron chi connectivity index (χ1n) is 13.5. The fourth-order valence-electron chi connectivity index (χ4n) is 4.08. The fourth-order valence-corrected chi connectivity index (χ4v) is 4.08. The molecule has 0 aliphatic heterocycles. The minimum absolute atomic E-state index is 0.171. The average Bonchev–Trinajstić information content (AvgIpc) is 3.48. The van der Waals surface area contributed by atoms with Crippen LogP contribution in [-0.2, 0) is 43.2 Å². The summed E-state index contributed by atoms with van der Waals surface area (Å²) < 4.78 is 4.73. The number of carboxylic acid groups (broad SMARTS) is 1. The Morgan fingerprint density at radius 1 is 0.976 bits per heavy atom. The number of nitrogens with one attached hydrogen (secondary N) is 2. The highest BCUT2D eigenvalue weighted by Gasteiger charge is 2.33. The number of carbonyl (C=O) groups is 4. The molecule has 1 aromatic heterocycles. The van der Waals surface area contributed by atoms with Gasteiger partial charge in [0.05, 0.1) is 25.2 Å². The minimum atomic E-state index is -0.982. The molecule has 3 aromatic rings. The van der Waals surface area contributed by atoms with Gasteiger partial charge >= 0.3 is 11.9 Å². The Bertz CT molecular complexity index is 1280. The summed E-state index contributed by atoms with van der Waals surface area (Å²) in [5.41, 5.74) is 7.85. The van der Waals surface area contributed by atoms with Gasteiger partial charge in [0.25, 0.3) is 0 Å². The number of likely N-dealkylation sites (N-methyl/N-ethyl adjacent to an activating group) is 1. The van der Waals surface area contributed by atoms with Crippen LogP contribution in [0.2, 0.25) is 0 Å². The molecule has 0 radical (unpaired) electrons. The van der Waals surface area contributed by atoms with Crippen molar-refractivity contribution in [3.05, 3.63) is 90.0 Å². The van der Waals surface area contributed by atoms with Crippen molar-refractivity contribution in [2.75, 3.05) is 14.2 Å². The lowest BCUT2D eigenvalue weighted by molar-refractivity contribution is -0.152. The Balaban J connectivity index is 0.000000299. The Morgan fingerprint density at radius 3 is 1.98 bits per heavy atom. The van der Waals surface area contributed by atoms with Crippen LogP contribution in [0, 0.1) is 5.41 Å². The lowest BCUT2D eigenvalue weighted by Gasteiger charge is -2.30. The number of H-pyrrole nitrogens is 1. The van der Waals surface area contributed by atoms with E-state index in [0.717, 1.165) is 11.1 Å². The number of aromatic amines is 1. The Hall–Kier alpha value is -4.51. The van der Waals surface area contributed by atoms with Crippen molar-refractivity contribution in [1.82, 2.24) is 20.2 Å². The standard InChI is InChI=1S/C16H20N4O3.C15H21NO3/c1-23-16(22)14(8-12-9-18-10-19-12)20-15(21)13(17)7-11-5-3-2-4-6-11;1-15(2,3)14(19)16(4)12(13(17)18)10-11-8-6-5-7-9-11/h2-6,9-10,13-14H,7-8,17H2,1H3,(H,18,19)(H,20,21);5-9,12H,10H2,1-4H3,(H,17,18)/t13-,14-;12-/m00/s1. The molecule has 11 nitrogen and oxygen atoms in total. The zero-order valence-electron chi connectivity index (χ0n) is 24.7. The highest BCUT2D eigenvalue weighted by molar-refractivity contribution is 5.88. The number of carbonyl (C=O) groups excluding carboxylic acids is 3. The van der Waals surface area contributed by atoms with Gasteiger partial charge in [-0.05, 0) is 17.5 Å². The summed E-state index contributed by atoms with van der Waals surface area (Å²) in [5, 5.41) is 12.0. The molecule has 0 aliphatic carbocycles. The molecule has 3 rings (SSSR count). The van der Waals surface area contributed by atoms with Crippen molar-refractivity contribution in [3.8, 4) is 0 Å². The highest BCUT2D eigenvalue weighted by Crippen LogP contribution is 2.19. The maximum Gasteiger partial charge on any atom is 0.328 e. The second-order valence-corrected chi connectivity index (χ2v) is 10.9. The SMILES string of the molecule is CN(C(=O)C(C)(C)C)[C@@H](Cc1ccccc1)C(=O)O.COC(=O)[C@H](Cc1c[nH]cn1)NC(=O)[C@@H](N)Cc1ccccc1. The van der Waals surface area contributed by atoms with Crippen molar-refractivity contribution >= 4 is 23.8 Å². The third kappa shape index (κ3) is 10.8. The van der Waals surface area contributed by atoms with Crippen molar-refractivity contribution in [2.45, 2.75) is 58.2 Å². The van der Waals surface area contributed by atoms with Gasteiger partial charge in [0.15, 0.2) is 0 Å². The molecule has 0 saturated carbocycles. The van der Waals surface area contributed by atoms with E-state index >= 15 is 0 Å². The number of methoxy groups -OCH3 is 1. The van der Waals surface area contributed by atoms with Crippen molar-refractivity contribution in [2.24, 2.45) is 11.1 Å². The number of esters is 1. The number of aliphatic carboxylic acids is 1. The normalized spacial score (nSPS) is 13.0. The molecular formula is C31H41N5O6. The predicted molar refractivity (Wildman–Crippen MR) is 158 cm³/mol. The number of imidazole rings is 1. The number of amides is 2. The monoisotopic (exact) mass is 579 g/mol. The number of nitrogens with two attached hydrogens (primary N) is 1. The average molecular weight is 580 g/mol. The molecule has 0 unspecified atom stereocenters. The number of rotatable bonds is 11. The first-order chi connectivity index (χ1) is 19.8. The van der Waals surface area contributed by atoms with Crippen LogP contribution in [0.4, 0.5) is 0 Å². The minimum Gasteiger partial charge on any atom is -0.480 e. The predicted octanol–water partition coefficient (Wildman–Crippen LogP) is 2.37. The third-order valence-electron chi connectivity index (χ3n) is 6.39. The number of nitrogens with zero attached hydrogens (tertiary/aromatic N) is 2. The van der Waals surface area contributed by atoms with E-state index in [-0.39, 0.29) is 12.3 Å². The first-order valence-corrected chi connectivity index (χ1v) is 13.5. The van der Waals surface area contributed by atoms with Crippen molar-refractivity contribution in [3.63, 3.8) is 0 Å². The summed E-state index contributed by atoms with van der Waals surface area (Å²) in [6.45, 7) is 5.35. The van der Waals surface area contributed by atoms with Gasteiger partial charge < -0.3 is 30.8 Å². The zero-order valence-corrected chi connectivity index (χ0v) is 24.7. The third-order valence-corrected chi connectivity index (χ3v) is 6.39. The Labute approximate surface area is 246 Å². The van der Waals surface area contributed by atoms with Gasteiger partial charge in [-0.3, -0.25) is 9.59 Å². The van der Waals surface area contributed by atoms with Crippen LogP contribution < -0.4 is 11.1 Å². The Kier molecular flexibility index (Phi) is 12.9. The number of benzene rings is 2. The molecule has 0 spiro atoms. The summed E-state index contributed by atoms with van der Waals surface area (Å²) in [6, 6.07) is 16.4. The van der Waals surface area contributed by atoms with E-state index in [1.807, 2.05) is 60.7 Å². The van der Waals surface area contributed by atoms with Gasteiger partial charge in [0.1, 0.15) is 12.1 Å². The summed E-state index contributed by atoms with van der Waals surface area (Å²) in [6.07, 6.45) is 4.11. The van der Waals surface area contributed by atoms with Gasteiger partial charge in [0, 0.05) is 31.5 Å². The summed E-state index contributed by atoms with van der Waals surface area (Å²) in [5.74, 6) is -2.09. The van der Waals surface area contributed by atoms with Crippen molar-refractivity contribution < 1.29 is 29.0 Å². The maximum atomic E-state index is 12.2. The zero-order chi connectivity index (χ0) is 31.3. The smallest absolute Gasteiger partial charge is 0.328 e. The Morgan fingerprint density at radius 2 is 1.52 bits per heavy atom. The molecule has 11 heteroatoms. The van der Waals surface area contributed by atoms with Crippen LogP contribution in [-0.4, -0.2) is 76.0 Å². The molecule has 2 aromatic carbocycles. The van der Waals surface area contributed by atoms with Crippen LogP contribution in [0.15, 0.2) is 73.2 Å². The molecule has 0 bridgehead atoms. The van der Waals surface area contributed by atoms with Gasteiger partial charge in [-0.2, -0.15) is 0 Å². The van der Waals surface area contributed by atoms with E-state index < -0.39 is 41.4 Å². The maximum absolute atomic E-state index is 12.2. The van der Waals surface area contributed by atoms with E-state index in [2.05, 4.69) is 15.3 Å². The molecule has 42 heavy (non-hydrogen) atoms. The van der Waals surface area contributed by atoms with E-state index in [1.54, 1.807) is 34.0 Å². The molecule has 2 amide bonds. The fraction of sp³-hybridized carbons (Fsp3) is 0.387. The number of hydrogen-bond donors (Lipinski definition) is 4. The van der Waals surface area contributed by atoms with Gasteiger partial charge in [-0.15, -0.1) is 0 Å². The topological polar surface area (TPSA) is 168 Å². The summed E-state index contributed by atoms with van der Waals surface area (Å²) >= 11 is 0. The quantitative estimate of drug-likeness (QED) is 0.251. The van der Waals surface area contributed by atoms with Crippen molar-refractivity contribution in [1.29, 1.82) is 0 Å². The van der Waals surface area contributed by atoms with Crippen LogP contribution in [0.3, 0.4) is 0 Å². The van der Waals surface area contributed by atoms with E-state index in [1.165, 1.54) is 18.3 Å². The number of carboxylic acids is 1. The van der Waals surface area contributed by atoms with Crippen LogP contribution >= 0.6 is 0 Å². The highest BCUT2D eigenvalue weighted by atomic mass is 16.5. The van der Waals surface area contributed by atoms with E-state index in [0.29, 0.717) is 18.5 Å². The molecule has 5 N–H and O–H groups in total. The van der Waals surface area contributed by atoms with Crippen LogP contribution in [0.25, 0.3) is 0 Å². The van der Waals surface area contributed by atoms with E-state index in [4.69, 9.17) is 10.5 Å². The second-order valence-electron chi connectivity index (χ2n) is 10.9. The molecule has 0 fully saturated rings. The van der Waals surface area contributed by atoms with Gasteiger partial charge in [-0.25, -0.2) is 14.6 Å². The molecule has 0 aliphatic rings. The lowest BCUT2D eigenvalue weighted by atomic mass is 9.93. The number of aromatic nitrogens is 2. The molecular weight excluding hydrogens is 538 g/mol. The first kappa shape index (κ1) is 33.7. The molecule has 1 heterocycles. The largest absolute Gasteiger partial charge is 0.480 e. The summed E-state index contributed by atoms with van der Waals surface area (Å²) in [7, 11) is 2.82. The summed E-state index contributed by atoms with van der Waals surface area (Å²) in [4.78, 5) is 55.8. The van der Waals surface area contributed by atoms with E-state index in [9.17, 15) is 24.3 Å². The molecule has 226 valence electrons. The van der Waals surface area contributed by atoms with Crippen LogP contribution in [0.1, 0.15) is 37.6 Å². The molecule has 3 atom stereocenters. The molecule has 0 saturated heterocycles. The second kappa shape index (κ2) is 16.1. The van der Waals surface area contributed by atoms with Gasteiger partial charge in [-0.1, -0.05) is 81.4 Å². The van der Waals surface area contributed by atoms with Gasteiger partial charge in [0.2, 0.25) is 11.8 Å². The number of ether oxygens (including phenoxy) is 1. The number of hydrogen-bond acceptors (Lipinski definition) is 7. The van der Waals surface area contributed by atoms with Crippen LogP contribution in [0.5, 0.6) is 0 Å². The lowest BCUT2D eigenvalue weighted by Crippen LogP contribution is -2.50.